The molecule has 1 aliphatic heterocycles. The number of rotatable bonds is 7. The summed E-state index contributed by atoms with van der Waals surface area (Å²) in [5.74, 6) is -0.0708. The predicted octanol–water partition coefficient (Wildman–Crippen LogP) is 3.27. The third kappa shape index (κ3) is 5.47. The van der Waals surface area contributed by atoms with Crippen LogP contribution in [0, 0.1) is 0 Å². The fraction of sp³-hybridized carbons (Fsp3) is 0.412. The second kappa shape index (κ2) is 8.99. The Bertz CT molecular complexity index is 1020. The highest BCUT2D eigenvalue weighted by Crippen LogP contribution is 2.26. The predicted molar refractivity (Wildman–Crippen MR) is 113 cm³/mol. The highest BCUT2D eigenvalue weighted by atomic mass is 35.5. The number of likely N-dealkylation sites (tertiary alicyclic amines) is 1. The summed E-state index contributed by atoms with van der Waals surface area (Å²) in [5, 5.41) is 2.21. The first-order valence-electron chi connectivity index (χ1n) is 8.63. The van der Waals surface area contributed by atoms with Crippen molar-refractivity contribution in [3.8, 4) is 0 Å². The van der Waals surface area contributed by atoms with Gasteiger partial charge in [0.15, 0.2) is 9.84 Å². The lowest BCUT2D eigenvalue weighted by Crippen LogP contribution is -2.45. The van der Waals surface area contributed by atoms with Gasteiger partial charge in [0.1, 0.15) is 4.21 Å². The summed E-state index contributed by atoms with van der Waals surface area (Å²) in [6.07, 6.45) is 1.26. The molecule has 3 rings (SSSR count). The van der Waals surface area contributed by atoms with Crippen LogP contribution < -0.4 is 4.72 Å². The molecule has 0 atom stereocenters. The summed E-state index contributed by atoms with van der Waals surface area (Å²) in [5.41, 5.74) is 0. The maximum Gasteiger partial charge on any atom is 0.250 e. The van der Waals surface area contributed by atoms with Gasteiger partial charge in [-0.1, -0.05) is 29.3 Å². The molecule has 28 heavy (non-hydrogen) atoms. The maximum absolute atomic E-state index is 12.6. The first-order valence-corrected chi connectivity index (χ1v) is 13.4. The number of nitrogens with zero attached hydrogens (tertiary/aromatic N) is 1. The molecule has 0 saturated carbocycles. The normalized spacial score (nSPS) is 17.1. The molecule has 6 nitrogen and oxygen atoms in total. The van der Waals surface area contributed by atoms with Crippen LogP contribution >= 0.6 is 34.5 Å². The molecule has 1 fully saturated rings. The number of hydrogen-bond acceptors (Lipinski definition) is 6. The standard InChI is InChI=1S/C17H20Cl2N2O4S3/c18-13-3-4-15(19)16(12-13)27(22,23)11-9-21-7-5-14(6-8-21)20-28(24,25)17-2-1-10-26-17/h1-4,10,12,14,20H,5-9,11H2. The molecule has 1 saturated heterocycles. The van der Waals surface area contributed by atoms with Crippen molar-refractivity contribution in [3.63, 3.8) is 0 Å². The smallest absolute Gasteiger partial charge is 0.250 e. The van der Waals surface area contributed by atoms with E-state index in [0.29, 0.717) is 41.7 Å². The molecule has 1 aromatic carbocycles. The van der Waals surface area contributed by atoms with E-state index in [1.807, 2.05) is 4.90 Å². The average molecular weight is 483 g/mol. The molecule has 1 aliphatic rings. The average Bonchev–Trinajstić information content (AvgIpc) is 3.19. The van der Waals surface area contributed by atoms with Crippen LogP contribution in [-0.4, -0.2) is 53.2 Å². The van der Waals surface area contributed by atoms with E-state index in [-0.39, 0.29) is 21.7 Å². The topological polar surface area (TPSA) is 83.6 Å². The number of hydrogen-bond donors (Lipinski definition) is 1. The Morgan fingerprint density at radius 2 is 1.82 bits per heavy atom. The Morgan fingerprint density at radius 3 is 2.46 bits per heavy atom. The van der Waals surface area contributed by atoms with E-state index in [4.69, 9.17) is 23.2 Å². The van der Waals surface area contributed by atoms with Crippen molar-refractivity contribution in [1.29, 1.82) is 0 Å². The van der Waals surface area contributed by atoms with Gasteiger partial charge >= 0.3 is 0 Å². The van der Waals surface area contributed by atoms with Crippen molar-refractivity contribution >= 4 is 54.4 Å². The summed E-state index contributed by atoms with van der Waals surface area (Å²) in [7, 11) is -7.04. The van der Waals surface area contributed by atoms with E-state index in [0.717, 1.165) is 0 Å². The molecule has 0 radical (unpaired) electrons. The SMILES string of the molecule is O=S(=O)(CCN1CCC(NS(=O)(=O)c2cccs2)CC1)c1cc(Cl)ccc1Cl. The molecule has 1 N–H and O–H groups in total. The van der Waals surface area contributed by atoms with Gasteiger partial charge < -0.3 is 4.90 Å². The Labute approximate surface area is 179 Å². The van der Waals surface area contributed by atoms with Crippen molar-refractivity contribution in [2.24, 2.45) is 0 Å². The van der Waals surface area contributed by atoms with Gasteiger partial charge in [-0.25, -0.2) is 21.6 Å². The Morgan fingerprint density at radius 1 is 1.11 bits per heavy atom. The van der Waals surface area contributed by atoms with E-state index in [1.165, 1.54) is 23.5 Å². The lowest BCUT2D eigenvalue weighted by atomic mass is 10.1. The number of halogens is 2. The van der Waals surface area contributed by atoms with Gasteiger partial charge in [-0.05, 0) is 55.6 Å². The van der Waals surface area contributed by atoms with Gasteiger partial charge in [-0.15, -0.1) is 11.3 Å². The summed E-state index contributed by atoms with van der Waals surface area (Å²) >= 11 is 13.1. The van der Waals surface area contributed by atoms with E-state index in [2.05, 4.69) is 4.72 Å². The molecular weight excluding hydrogens is 463 g/mol. The molecule has 0 amide bonds. The zero-order valence-corrected chi connectivity index (χ0v) is 18.8. The molecule has 0 unspecified atom stereocenters. The highest BCUT2D eigenvalue weighted by molar-refractivity contribution is 7.91. The second-order valence-corrected chi connectivity index (χ2v) is 12.4. The van der Waals surface area contributed by atoms with E-state index >= 15 is 0 Å². The Hall–Kier alpha value is -0.680. The maximum atomic E-state index is 12.6. The summed E-state index contributed by atoms with van der Waals surface area (Å²) in [6, 6.07) is 7.52. The van der Waals surface area contributed by atoms with Crippen molar-refractivity contribution in [3.05, 3.63) is 45.8 Å². The van der Waals surface area contributed by atoms with Gasteiger partial charge in [0, 0.05) is 17.6 Å². The van der Waals surface area contributed by atoms with E-state index in [1.54, 1.807) is 23.6 Å². The molecule has 154 valence electrons. The van der Waals surface area contributed by atoms with Crippen molar-refractivity contribution in [2.45, 2.75) is 28.0 Å². The third-order valence-corrected chi connectivity index (χ3v) is 9.90. The third-order valence-electron chi connectivity index (χ3n) is 4.57. The number of nitrogens with one attached hydrogen (secondary N) is 1. The molecule has 0 spiro atoms. The molecule has 2 aromatic rings. The van der Waals surface area contributed by atoms with Crippen molar-refractivity contribution in [2.75, 3.05) is 25.4 Å². The summed E-state index contributed by atoms with van der Waals surface area (Å²) < 4.78 is 52.8. The van der Waals surface area contributed by atoms with E-state index in [9.17, 15) is 16.8 Å². The van der Waals surface area contributed by atoms with Gasteiger partial charge in [0.05, 0.1) is 15.7 Å². The zero-order chi connectivity index (χ0) is 20.4. The van der Waals surface area contributed by atoms with Crippen LogP contribution in [0.25, 0.3) is 0 Å². The van der Waals surface area contributed by atoms with Crippen molar-refractivity contribution < 1.29 is 16.8 Å². The minimum Gasteiger partial charge on any atom is -0.302 e. The first kappa shape index (κ1) is 22.0. The second-order valence-electron chi connectivity index (χ2n) is 6.56. The quantitative estimate of drug-likeness (QED) is 0.654. The molecule has 0 bridgehead atoms. The fourth-order valence-electron chi connectivity index (χ4n) is 3.04. The van der Waals surface area contributed by atoms with Gasteiger partial charge in [-0.2, -0.15) is 0 Å². The van der Waals surface area contributed by atoms with Crippen LogP contribution in [0.1, 0.15) is 12.8 Å². The Kier molecular flexibility index (Phi) is 7.07. The number of piperidine rings is 1. The van der Waals surface area contributed by atoms with Gasteiger partial charge in [-0.3, -0.25) is 0 Å². The summed E-state index contributed by atoms with van der Waals surface area (Å²) in [4.78, 5) is 2.06. The minimum absolute atomic E-state index is 0.0419. The Balaban J connectivity index is 1.53. The molecule has 11 heteroatoms. The fourth-order valence-corrected chi connectivity index (χ4v) is 7.45. The summed E-state index contributed by atoms with van der Waals surface area (Å²) in [6.45, 7) is 1.60. The van der Waals surface area contributed by atoms with E-state index < -0.39 is 19.9 Å². The first-order chi connectivity index (χ1) is 13.2. The molecular formula is C17H20Cl2N2O4S3. The lowest BCUT2D eigenvalue weighted by Gasteiger charge is -2.32. The van der Waals surface area contributed by atoms with Crippen LogP contribution in [0.15, 0.2) is 44.8 Å². The molecule has 0 aliphatic carbocycles. The zero-order valence-electron chi connectivity index (χ0n) is 14.8. The van der Waals surface area contributed by atoms with Gasteiger partial charge in [0.2, 0.25) is 10.0 Å². The molecule has 1 aromatic heterocycles. The van der Waals surface area contributed by atoms with Crippen LogP contribution in [-0.2, 0) is 19.9 Å². The van der Waals surface area contributed by atoms with Gasteiger partial charge in [0.25, 0.3) is 0 Å². The number of thiophene rings is 1. The minimum atomic E-state index is -3.55. The number of sulfonamides is 1. The van der Waals surface area contributed by atoms with Crippen molar-refractivity contribution in [1.82, 2.24) is 9.62 Å². The van der Waals surface area contributed by atoms with Crippen LogP contribution in [0.2, 0.25) is 10.0 Å². The molecule has 2 heterocycles. The van der Waals surface area contributed by atoms with Crippen LogP contribution in [0.4, 0.5) is 0 Å². The highest BCUT2D eigenvalue weighted by Gasteiger charge is 2.26. The van der Waals surface area contributed by atoms with Crippen LogP contribution in [0.5, 0.6) is 0 Å². The van der Waals surface area contributed by atoms with Crippen LogP contribution in [0.3, 0.4) is 0 Å². The monoisotopic (exact) mass is 482 g/mol. The largest absolute Gasteiger partial charge is 0.302 e. The number of benzene rings is 1. The lowest BCUT2D eigenvalue weighted by molar-refractivity contribution is 0.218. The number of sulfone groups is 1.